The largest absolute Gasteiger partial charge is 0.309 e. The second-order valence-corrected chi connectivity index (χ2v) is 5.99. The van der Waals surface area contributed by atoms with E-state index in [1.807, 2.05) is 31.3 Å². The average molecular weight is 390 g/mol. The van der Waals surface area contributed by atoms with Crippen molar-refractivity contribution in [3.8, 4) is 0 Å². The van der Waals surface area contributed by atoms with Gasteiger partial charge in [-0.3, -0.25) is 0 Å². The van der Waals surface area contributed by atoms with Crippen LogP contribution >= 0.6 is 34.2 Å². The highest BCUT2D eigenvalue weighted by Crippen LogP contribution is 2.29. The van der Waals surface area contributed by atoms with Gasteiger partial charge in [-0.15, -0.1) is 0 Å². The van der Waals surface area contributed by atoms with E-state index in [1.165, 1.54) is 0 Å². The summed E-state index contributed by atoms with van der Waals surface area (Å²) in [5.74, 6) is -0.185. The molecular formula is C15H14ClFIN. The molecule has 0 heterocycles. The molecule has 1 nitrogen and oxygen atoms in total. The summed E-state index contributed by atoms with van der Waals surface area (Å²) in [6, 6.07) is 11.0. The number of benzene rings is 2. The molecule has 0 spiro atoms. The third kappa shape index (κ3) is 3.27. The first-order chi connectivity index (χ1) is 9.02. The van der Waals surface area contributed by atoms with Crippen LogP contribution in [-0.2, 0) is 0 Å². The van der Waals surface area contributed by atoms with Crippen molar-refractivity contribution in [2.45, 2.75) is 13.0 Å². The quantitative estimate of drug-likeness (QED) is 0.750. The van der Waals surface area contributed by atoms with Gasteiger partial charge in [0.25, 0.3) is 0 Å². The highest BCUT2D eigenvalue weighted by Gasteiger charge is 2.16. The second kappa shape index (κ2) is 6.20. The lowest BCUT2D eigenvalue weighted by atomic mass is 9.98. The first-order valence-corrected chi connectivity index (χ1v) is 7.37. The van der Waals surface area contributed by atoms with Gasteiger partial charge < -0.3 is 5.32 Å². The number of hydrogen-bond donors (Lipinski definition) is 1. The SMILES string of the molecule is CNC(c1ccc(C)c(F)c1)c1cc(Cl)ccc1I. The average Bonchev–Trinajstić information content (AvgIpc) is 2.38. The molecule has 0 aliphatic carbocycles. The maximum absolute atomic E-state index is 13.7. The van der Waals surface area contributed by atoms with E-state index in [0.717, 1.165) is 14.7 Å². The predicted molar refractivity (Wildman–Crippen MR) is 86.2 cm³/mol. The highest BCUT2D eigenvalue weighted by molar-refractivity contribution is 14.1. The van der Waals surface area contributed by atoms with E-state index in [1.54, 1.807) is 19.1 Å². The van der Waals surface area contributed by atoms with Crippen LogP contribution in [0.1, 0.15) is 22.7 Å². The number of rotatable bonds is 3. The van der Waals surface area contributed by atoms with Crippen molar-refractivity contribution in [2.75, 3.05) is 7.05 Å². The number of aryl methyl sites for hydroxylation is 1. The van der Waals surface area contributed by atoms with Gasteiger partial charge in [0.1, 0.15) is 5.82 Å². The molecule has 0 radical (unpaired) electrons. The third-order valence-corrected chi connectivity index (χ3v) is 4.30. The van der Waals surface area contributed by atoms with E-state index in [0.29, 0.717) is 10.6 Å². The van der Waals surface area contributed by atoms with Crippen LogP contribution in [0.3, 0.4) is 0 Å². The minimum atomic E-state index is -0.185. The molecular weight excluding hydrogens is 376 g/mol. The molecule has 0 aromatic heterocycles. The molecule has 0 fully saturated rings. The normalized spacial score (nSPS) is 12.5. The van der Waals surface area contributed by atoms with E-state index < -0.39 is 0 Å². The summed E-state index contributed by atoms with van der Waals surface area (Å²) < 4.78 is 14.8. The zero-order valence-electron chi connectivity index (χ0n) is 10.7. The van der Waals surface area contributed by atoms with Crippen LogP contribution < -0.4 is 5.32 Å². The van der Waals surface area contributed by atoms with E-state index in [4.69, 9.17) is 11.6 Å². The van der Waals surface area contributed by atoms with Gasteiger partial charge in [0.05, 0.1) is 6.04 Å². The van der Waals surface area contributed by atoms with Crippen LogP contribution in [0.2, 0.25) is 5.02 Å². The van der Waals surface area contributed by atoms with Crippen LogP contribution in [0.25, 0.3) is 0 Å². The molecule has 4 heteroatoms. The van der Waals surface area contributed by atoms with Gasteiger partial charge in [0.2, 0.25) is 0 Å². The minimum absolute atomic E-state index is 0.0688. The van der Waals surface area contributed by atoms with Crippen LogP contribution in [0.4, 0.5) is 4.39 Å². The van der Waals surface area contributed by atoms with Crippen molar-refractivity contribution < 1.29 is 4.39 Å². The van der Waals surface area contributed by atoms with E-state index in [9.17, 15) is 4.39 Å². The second-order valence-electron chi connectivity index (χ2n) is 4.40. The molecule has 0 saturated heterocycles. The van der Waals surface area contributed by atoms with Crippen molar-refractivity contribution in [2.24, 2.45) is 0 Å². The van der Waals surface area contributed by atoms with Gasteiger partial charge in [0.15, 0.2) is 0 Å². The number of nitrogens with one attached hydrogen (secondary N) is 1. The molecule has 0 aliphatic rings. The van der Waals surface area contributed by atoms with Crippen LogP contribution in [0.15, 0.2) is 36.4 Å². The summed E-state index contributed by atoms with van der Waals surface area (Å²) in [6.45, 7) is 1.76. The monoisotopic (exact) mass is 389 g/mol. The Morgan fingerprint density at radius 2 is 1.95 bits per heavy atom. The van der Waals surface area contributed by atoms with Crippen molar-refractivity contribution in [1.82, 2.24) is 5.32 Å². The first kappa shape index (κ1) is 14.8. The van der Waals surface area contributed by atoms with Gasteiger partial charge >= 0.3 is 0 Å². The van der Waals surface area contributed by atoms with Gasteiger partial charge in [-0.2, -0.15) is 0 Å². The molecule has 2 aromatic rings. The molecule has 1 unspecified atom stereocenters. The molecule has 100 valence electrons. The zero-order valence-corrected chi connectivity index (χ0v) is 13.6. The van der Waals surface area contributed by atoms with Crippen LogP contribution in [0, 0.1) is 16.3 Å². The summed E-state index contributed by atoms with van der Waals surface area (Å²) in [7, 11) is 1.86. The summed E-state index contributed by atoms with van der Waals surface area (Å²) in [6.07, 6.45) is 0. The van der Waals surface area contributed by atoms with Crippen molar-refractivity contribution in [3.63, 3.8) is 0 Å². The first-order valence-electron chi connectivity index (χ1n) is 5.91. The third-order valence-electron chi connectivity index (χ3n) is 3.09. The van der Waals surface area contributed by atoms with Crippen LogP contribution in [-0.4, -0.2) is 7.05 Å². The van der Waals surface area contributed by atoms with E-state index >= 15 is 0 Å². The van der Waals surface area contributed by atoms with Crippen molar-refractivity contribution >= 4 is 34.2 Å². The molecule has 0 bridgehead atoms. The Balaban J connectivity index is 2.49. The lowest BCUT2D eigenvalue weighted by Gasteiger charge is -2.19. The fraction of sp³-hybridized carbons (Fsp3) is 0.200. The lowest BCUT2D eigenvalue weighted by Crippen LogP contribution is -2.19. The summed E-state index contributed by atoms with van der Waals surface area (Å²) in [4.78, 5) is 0. The van der Waals surface area contributed by atoms with Gasteiger partial charge in [-0.25, -0.2) is 4.39 Å². The lowest BCUT2D eigenvalue weighted by molar-refractivity contribution is 0.608. The Labute approximate surface area is 131 Å². The molecule has 0 amide bonds. The summed E-state index contributed by atoms with van der Waals surface area (Å²) in [5, 5.41) is 3.90. The molecule has 0 aliphatic heterocycles. The molecule has 1 atom stereocenters. The zero-order chi connectivity index (χ0) is 14.0. The predicted octanol–water partition coefficient (Wildman–Crippen LogP) is 4.70. The molecule has 2 aromatic carbocycles. The molecule has 0 saturated carbocycles. The fourth-order valence-corrected chi connectivity index (χ4v) is 2.85. The van der Waals surface area contributed by atoms with Crippen molar-refractivity contribution in [1.29, 1.82) is 0 Å². The summed E-state index contributed by atoms with van der Waals surface area (Å²) in [5.41, 5.74) is 2.60. The van der Waals surface area contributed by atoms with E-state index in [-0.39, 0.29) is 11.9 Å². The minimum Gasteiger partial charge on any atom is -0.309 e. The number of halogens is 3. The Morgan fingerprint density at radius 3 is 2.58 bits per heavy atom. The summed E-state index contributed by atoms with van der Waals surface area (Å²) >= 11 is 8.32. The Hall–Kier alpha value is -0.650. The topological polar surface area (TPSA) is 12.0 Å². The standard InChI is InChI=1S/C15H14ClFIN/c1-9-3-4-10(7-13(9)17)15(19-2)12-8-11(16)5-6-14(12)18/h3-8,15,19H,1-2H3. The number of hydrogen-bond acceptors (Lipinski definition) is 1. The maximum Gasteiger partial charge on any atom is 0.126 e. The van der Waals surface area contributed by atoms with Gasteiger partial charge in [-0.1, -0.05) is 23.7 Å². The molecule has 19 heavy (non-hydrogen) atoms. The van der Waals surface area contributed by atoms with Gasteiger partial charge in [0, 0.05) is 8.59 Å². The Bertz CT molecular complexity index is 601. The smallest absolute Gasteiger partial charge is 0.126 e. The Kier molecular flexibility index (Phi) is 4.81. The van der Waals surface area contributed by atoms with Gasteiger partial charge in [-0.05, 0) is 77.5 Å². The fourth-order valence-electron chi connectivity index (χ4n) is 2.03. The van der Waals surface area contributed by atoms with E-state index in [2.05, 4.69) is 27.9 Å². The molecule has 1 N–H and O–H groups in total. The van der Waals surface area contributed by atoms with Crippen molar-refractivity contribution in [3.05, 3.63) is 67.5 Å². The highest BCUT2D eigenvalue weighted by atomic mass is 127. The maximum atomic E-state index is 13.7. The van der Waals surface area contributed by atoms with Crippen LogP contribution in [0.5, 0.6) is 0 Å². The molecule has 2 rings (SSSR count). The Morgan fingerprint density at radius 1 is 1.21 bits per heavy atom.